The number of rotatable bonds is 9. The monoisotopic (exact) mass is 739 g/mol. The molecule has 3 aromatic rings. The summed E-state index contributed by atoms with van der Waals surface area (Å²) in [7, 11) is -1.88. The van der Waals surface area contributed by atoms with Gasteiger partial charge >= 0.3 is 0 Å². The van der Waals surface area contributed by atoms with Crippen LogP contribution in [0.5, 0.6) is 5.75 Å². The zero-order valence-electron chi connectivity index (χ0n) is 28.0. The Morgan fingerprint density at radius 3 is 2.65 bits per heavy atom. The lowest BCUT2D eigenvalue weighted by atomic mass is 10.0. The topological polar surface area (TPSA) is 189 Å². The van der Waals surface area contributed by atoms with E-state index in [1.54, 1.807) is 36.1 Å². The number of ether oxygens (including phenoxy) is 1. The third kappa shape index (κ3) is 7.14. The third-order valence-corrected chi connectivity index (χ3v) is 12.5. The number of benzene rings is 1. The van der Waals surface area contributed by atoms with Crippen LogP contribution in [0.2, 0.25) is 5.02 Å². The second kappa shape index (κ2) is 14.2. The largest absolute Gasteiger partial charge is 0.483 e. The molecule has 2 N–H and O–H groups in total. The van der Waals surface area contributed by atoms with Crippen molar-refractivity contribution in [3.63, 3.8) is 0 Å². The van der Waals surface area contributed by atoms with E-state index < -0.39 is 27.2 Å². The van der Waals surface area contributed by atoms with Crippen molar-refractivity contribution >= 4 is 51.2 Å². The summed E-state index contributed by atoms with van der Waals surface area (Å²) in [5, 5.41) is 9.45. The van der Waals surface area contributed by atoms with E-state index in [9.17, 15) is 27.6 Å². The number of nitrogens with zero attached hydrogens (tertiary/aromatic N) is 7. The van der Waals surface area contributed by atoms with Gasteiger partial charge in [0.1, 0.15) is 11.8 Å². The van der Waals surface area contributed by atoms with Crippen LogP contribution in [0, 0.1) is 0 Å². The molecule has 3 saturated heterocycles. The molecule has 7 rings (SSSR count). The Bertz CT molecular complexity index is 1980. The van der Waals surface area contributed by atoms with Crippen molar-refractivity contribution in [2.24, 2.45) is 7.05 Å². The number of nitrogens with one attached hydrogen (secondary N) is 2. The number of carbonyl (C=O) groups excluding carboxylic acids is 4. The highest BCUT2D eigenvalue weighted by Crippen LogP contribution is 2.34. The highest BCUT2D eigenvalue weighted by atomic mass is 35.5. The van der Waals surface area contributed by atoms with Crippen LogP contribution in [0.4, 0.5) is 5.95 Å². The van der Waals surface area contributed by atoms with Gasteiger partial charge in [0, 0.05) is 68.6 Å². The summed E-state index contributed by atoms with van der Waals surface area (Å²) in [4.78, 5) is 62.3. The van der Waals surface area contributed by atoms with E-state index in [0.29, 0.717) is 78.9 Å². The van der Waals surface area contributed by atoms with Gasteiger partial charge in [0.2, 0.25) is 27.8 Å². The lowest BCUT2D eigenvalue weighted by molar-refractivity contribution is -0.137. The first-order chi connectivity index (χ1) is 24.5. The van der Waals surface area contributed by atoms with E-state index in [1.165, 1.54) is 20.3 Å². The summed E-state index contributed by atoms with van der Waals surface area (Å²) in [6.07, 6.45) is 7.50. The number of halogens is 1. The number of amides is 4. The molecule has 0 bridgehead atoms. The second-order valence-corrected chi connectivity index (χ2v) is 15.9. The van der Waals surface area contributed by atoms with Crippen molar-refractivity contribution in [1.29, 1.82) is 0 Å². The first-order valence-corrected chi connectivity index (χ1v) is 18.8. The average Bonchev–Trinajstić information content (AvgIpc) is 3.71. The average molecular weight is 740 g/mol. The zero-order valence-corrected chi connectivity index (χ0v) is 29.5. The highest BCUT2D eigenvalue weighted by Gasteiger charge is 2.41. The smallest absolute Gasteiger partial charge is 0.260 e. The zero-order chi connectivity index (χ0) is 35.9. The Kier molecular flexibility index (Phi) is 9.69. The van der Waals surface area contributed by atoms with Gasteiger partial charge in [-0.2, -0.15) is 5.10 Å². The molecule has 2 aromatic heterocycles. The normalized spacial score (nSPS) is 21.8. The molecule has 2 unspecified atom stereocenters. The molecule has 51 heavy (non-hydrogen) atoms. The summed E-state index contributed by atoms with van der Waals surface area (Å²) in [6, 6.07) is 4.15. The number of imide groups is 1. The fraction of sp³-hybridized carbons (Fsp3) is 0.485. The van der Waals surface area contributed by atoms with E-state index in [4.69, 9.17) is 16.3 Å². The minimum absolute atomic E-state index is 0.0354. The van der Waals surface area contributed by atoms with Crippen molar-refractivity contribution in [3.8, 4) is 17.0 Å². The van der Waals surface area contributed by atoms with Gasteiger partial charge in [-0.3, -0.25) is 29.2 Å². The molecular weight excluding hydrogens is 702 g/mol. The van der Waals surface area contributed by atoms with Crippen LogP contribution in [-0.4, -0.2) is 116 Å². The van der Waals surface area contributed by atoms with Crippen LogP contribution in [0.25, 0.3) is 11.3 Å². The molecule has 2 atom stereocenters. The standard InChI is InChI=1S/C33H38ClN9O7S/c1-40-16-20(14-36-40)30-25(34)15-35-33(39-30)37-21-9-12-42(13-10-21)51(48,49)22-4-3-11-41(17-22)29(45)19-50-27-6-2-5-23-24(27)18-43(32(23)47)26-7-8-28(44)38-31(26)46/h2,5-6,14-16,21-22,26H,3-4,7-13,17-19H2,1H3,(H,35,37,39)(H,38,44,46). The summed E-state index contributed by atoms with van der Waals surface area (Å²) < 4.78 is 36.6. The molecule has 4 aliphatic heterocycles. The maximum atomic E-state index is 13.8. The molecule has 16 nitrogen and oxygen atoms in total. The number of hydrogen-bond donors (Lipinski definition) is 2. The lowest BCUT2D eigenvalue weighted by Crippen LogP contribution is -2.52. The molecule has 3 fully saturated rings. The van der Waals surface area contributed by atoms with Gasteiger partial charge in [-0.15, -0.1) is 0 Å². The van der Waals surface area contributed by atoms with Crippen LogP contribution in [-0.2, 0) is 38.0 Å². The molecule has 270 valence electrons. The first kappa shape index (κ1) is 34.8. The fourth-order valence-electron chi connectivity index (χ4n) is 7.16. The van der Waals surface area contributed by atoms with Gasteiger partial charge < -0.3 is 19.9 Å². The van der Waals surface area contributed by atoms with Crippen LogP contribution in [0.15, 0.2) is 36.8 Å². The van der Waals surface area contributed by atoms with E-state index in [0.717, 1.165) is 5.56 Å². The van der Waals surface area contributed by atoms with Gasteiger partial charge in [0.05, 0.1) is 34.9 Å². The van der Waals surface area contributed by atoms with Crippen LogP contribution in [0.1, 0.15) is 54.4 Å². The molecule has 0 radical (unpaired) electrons. The predicted octanol–water partition coefficient (Wildman–Crippen LogP) is 1.57. The minimum atomic E-state index is -3.68. The number of sulfonamides is 1. The highest BCUT2D eigenvalue weighted by molar-refractivity contribution is 7.89. The number of likely N-dealkylation sites (tertiary alicyclic amines) is 1. The molecule has 18 heteroatoms. The second-order valence-electron chi connectivity index (χ2n) is 13.2. The number of carbonyl (C=O) groups is 4. The summed E-state index contributed by atoms with van der Waals surface area (Å²) >= 11 is 6.34. The fourth-order valence-corrected chi connectivity index (χ4v) is 9.34. The Morgan fingerprint density at radius 1 is 1.10 bits per heavy atom. The van der Waals surface area contributed by atoms with Crippen molar-refractivity contribution in [3.05, 3.63) is 52.9 Å². The van der Waals surface area contributed by atoms with E-state index in [-0.39, 0.29) is 56.3 Å². The van der Waals surface area contributed by atoms with Gasteiger partial charge in [0.25, 0.3) is 11.8 Å². The van der Waals surface area contributed by atoms with Crippen molar-refractivity contribution in [2.75, 3.05) is 38.1 Å². The molecule has 0 saturated carbocycles. The summed E-state index contributed by atoms with van der Waals surface area (Å²) in [6.45, 7) is 0.904. The Labute approximate surface area is 299 Å². The predicted molar refractivity (Wildman–Crippen MR) is 184 cm³/mol. The van der Waals surface area contributed by atoms with Gasteiger partial charge in [-0.25, -0.2) is 22.7 Å². The Balaban J connectivity index is 0.924. The Hall–Kier alpha value is -4.61. The molecule has 0 aliphatic carbocycles. The molecule has 6 heterocycles. The third-order valence-electron chi connectivity index (χ3n) is 9.91. The van der Waals surface area contributed by atoms with Crippen molar-refractivity contribution in [1.82, 2.24) is 39.2 Å². The number of aromatic nitrogens is 4. The molecule has 0 spiro atoms. The first-order valence-electron chi connectivity index (χ1n) is 16.9. The summed E-state index contributed by atoms with van der Waals surface area (Å²) in [5.74, 6) is -0.816. The number of hydrogen-bond acceptors (Lipinski definition) is 11. The molecular formula is C33H38ClN9O7S. The number of fused-ring (bicyclic) bond motifs is 1. The molecule has 4 amide bonds. The molecule has 1 aromatic carbocycles. The number of piperidine rings is 3. The van der Waals surface area contributed by atoms with Gasteiger partial charge in [-0.05, 0) is 44.2 Å². The van der Waals surface area contributed by atoms with E-state index in [1.807, 2.05) is 6.20 Å². The van der Waals surface area contributed by atoms with Gasteiger partial charge in [0.15, 0.2) is 6.61 Å². The van der Waals surface area contributed by atoms with Gasteiger partial charge in [-0.1, -0.05) is 17.7 Å². The number of anilines is 1. The van der Waals surface area contributed by atoms with Crippen LogP contribution >= 0.6 is 11.6 Å². The lowest BCUT2D eigenvalue weighted by Gasteiger charge is -2.37. The quantitative estimate of drug-likeness (QED) is 0.303. The number of aryl methyl sites for hydroxylation is 1. The van der Waals surface area contributed by atoms with E-state index in [2.05, 4.69) is 25.7 Å². The minimum Gasteiger partial charge on any atom is -0.483 e. The molecule has 4 aliphatic rings. The van der Waals surface area contributed by atoms with Crippen molar-refractivity contribution < 1.29 is 32.3 Å². The van der Waals surface area contributed by atoms with Crippen LogP contribution in [0.3, 0.4) is 0 Å². The maximum Gasteiger partial charge on any atom is 0.260 e. The maximum absolute atomic E-state index is 13.8. The van der Waals surface area contributed by atoms with Crippen molar-refractivity contribution in [2.45, 2.75) is 62.4 Å². The summed E-state index contributed by atoms with van der Waals surface area (Å²) in [5.41, 5.74) is 2.26. The van der Waals surface area contributed by atoms with E-state index >= 15 is 0 Å². The SMILES string of the molecule is Cn1cc(-c2nc(NC3CCN(S(=O)(=O)C4CCCN(C(=O)COc5cccc6c5CN(C5CCC(=O)NC5=O)C6=O)C4)CC3)ncc2Cl)cn1. The Morgan fingerprint density at radius 2 is 1.90 bits per heavy atom. The van der Waals surface area contributed by atoms with Crippen LogP contribution < -0.4 is 15.4 Å².